The maximum atomic E-state index is 6.49. The van der Waals surface area contributed by atoms with E-state index in [0.29, 0.717) is 12.8 Å². The van der Waals surface area contributed by atoms with Crippen LogP contribution in [0, 0.1) is 0 Å². The Morgan fingerprint density at radius 3 is 1.96 bits per heavy atom. The number of methoxy groups -OCH3 is 2. The van der Waals surface area contributed by atoms with Gasteiger partial charge in [0.15, 0.2) is 11.6 Å². The molecule has 0 aromatic heterocycles. The summed E-state index contributed by atoms with van der Waals surface area (Å²) in [6, 6.07) is 6.02. The van der Waals surface area contributed by atoms with Crippen LogP contribution in [0.5, 0.6) is 11.5 Å². The van der Waals surface area contributed by atoms with Crippen LogP contribution in [-0.2, 0) is 14.2 Å². The molecule has 6 heteroatoms. The third-order valence-electron chi connectivity index (χ3n) is 5.18. The second-order valence-electron chi connectivity index (χ2n) is 7.65. The van der Waals surface area contributed by atoms with E-state index < -0.39 is 19.5 Å². The summed E-state index contributed by atoms with van der Waals surface area (Å²) in [7, 11) is 2.58. The van der Waals surface area contributed by atoms with Crippen molar-refractivity contribution in [2.24, 2.45) is 0 Å². The molecule has 5 nitrogen and oxygen atoms in total. The zero-order valence-electron chi connectivity index (χ0n) is 15.1. The van der Waals surface area contributed by atoms with Crippen molar-refractivity contribution in [3.8, 4) is 11.5 Å². The smallest absolute Gasteiger partial charge is 0.173 e. The zero-order chi connectivity index (χ0) is 17.4. The Morgan fingerprint density at radius 1 is 0.875 bits per heavy atom. The minimum atomic E-state index is -0.778. The maximum Gasteiger partial charge on any atom is 0.173 e. The van der Waals surface area contributed by atoms with Crippen LogP contribution in [0.4, 0.5) is 0 Å². The topological polar surface area (TPSA) is 46.2 Å². The van der Waals surface area contributed by atoms with E-state index in [9.17, 15) is 0 Å². The van der Waals surface area contributed by atoms with Crippen molar-refractivity contribution in [2.75, 3.05) is 14.2 Å². The highest BCUT2D eigenvalue weighted by Gasteiger charge is 2.71. The van der Waals surface area contributed by atoms with E-state index in [0.717, 1.165) is 16.8 Å². The van der Waals surface area contributed by atoms with Crippen LogP contribution >= 0.6 is 7.92 Å². The monoisotopic (exact) mass is 352 g/mol. The molecule has 4 bridgehead atoms. The molecule has 4 aliphatic heterocycles. The molecule has 1 aromatic carbocycles. The van der Waals surface area contributed by atoms with Crippen molar-refractivity contribution in [1.29, 1.82) is 0 Å². The molecule has 4 saturated heterocycles. The highest BCUT2D eigenvalue weighted by Crippen LogP contribution is 2.76. The molecule has 5 atom stereocenters. The normalized spacial score (nSPS) is 46.2. The average Bonchev–Trinajstić information content (AvgIpc) is 2.42. The number of rotatable bonds is 3. The molecule has 4 unspecified atom stereocenters. The summed E-state index contributed by atoms with van der Waals surface area (Å²) in [6.07, 6.45) is 1.43. The first kappa shape index (κ1) is 16.6. The summed E-state index contributed by atoms with van der Waals surface area (Å²) in [4.78, 5) is 0. The summed E-state index contributed by atoms with van der Waals surface area (Å²) in [5, 5.41) is 0.526. The Labute approximate surface area is 144 Å². The lowest BCUT2D eigenvalue weighted by Gasteiger charge is -2.69. The van der Waals surface area contributed by atoms with E-state index in [4.69, 9.17) is 23.7 Å². The molecule has 0 N–H and O–H groups in total. The SMILES string of the molecule is COc1ccc(P2C3(C)CC4(C)OC(C)(C[C@]2(C)O4)O3)c(OC)c1. The molecule has 5 rings (SSSR count). The first-order valence-electron chi connectivity index (χ1n) is 8.27. The second-order valence-corrected chi connectivity index (χ2v) is 10.7. The van der Waals surface area contributed by atoms with Gasteiger partial charge in [-0.25, -0.2) is 0 Å². The van der Waals surface area contributed by atoms with Crippen molar-refractivity contribution in [2.45, 2.75) is 62.8 Å². The molecule has 0 spiro atoms. The van der Waals surface area contributed by atoms with E-state index in [2.05, 4.69) is 19.9 Å². The minimum Gasteiger partial charge on any atom is -0.497 e. The van der Waals surface area contributed by atoms with Gasteiger partial charge in [0.1, 0.15) is 11.5 Å². The molecule has 1 aromatic rings. The molecule has 132 valence electrons. The van der Waals surface area contributed by atoms with E-state index >= 15 is 0 Å². The minimum absolute atomic E-state index is 0.315. The molecular formula is C18H25O5P. The van der Waals surface area contributed by atoms with Gasteiger partial charge in [-0.05, 0) is 47.7 Å². The lowest BCUT2D eigenvalue weighted by Crippen LogP contribution is -2.72. The third-order valence-corrected chi connectivity index (χ3v) is 8.42. The van der Waals surface area contributed by atoms with Gasteiger partial charge >= 0.3 is 0 Å². The largest absolute Gasteiger partial charge is 0.497 e. The third kappa shape index (κ3) is 2.22. The summed E-state index contributed by atoms with van der Waals surface area (Å²) >= 11 is 0. The van der Waals surface area contributed by atoms with Crippen LogP contribution < -0.4 is 14.8 Å². The molecule has 24 heavy (non-hydrogen) atoms. The Morgan fingerprint density at radius 2 is 1.46 bits per heavy atom. The fourth-order valence-corrected chi connectivity index (χ4v) is 9.14. The molecule has 0 aliphatic carbocycles. The standard InChI is InChI=1S/C18H25O5P/c1-15-10-17(3)23-16(2,21-15)11-18(4,22-15)24(17)14-8-7-12(19-5)9-13(14)20-6/h7-9H,10-11H2,1-6H3/t15?,16?,17-,18?,24?/m1/s1. The van der Waals surface area contributed by atoms with E-state index in [1.54, 1.807) is 14.2 Å². The van der Waals surface area contributed by atoms with Gasteiger partial charge in [-0.2, -0.15) is 0 Å². The van der Waals surface area contributed by atoms with Gasteiger partial charge in [-0.1, -0.05) is 0 Å². The summed E-state index contributed by atoms with van der Waals surface area (Å²) in [6.45, 7) is 8.45. The highest BCUT2D eigenvalue weighted by molar-refractivity contribution is 7.68. The van der Waals surface area contributed by atoms with Gasteiger partial charge in [0, 0.05) is 24.2 Å². The van der Waals surface area contributed by atoms with Crippen molar-refractivity contribution < 1.29 is 23.7 Å². The van der Waals surface area contributed by atoms with Crippen LogP contribution in [0.3, 0.4) is 0 Å². The predicted molar refractivity (Wildman–Crippen MR) is 92.2 cm³/mol. The fraction of sp³-hybridized carbons (Fsp3) is 0.667. The first-order valence-corrected chi connectivity index (χ1v) is 9.61. The van der Waals surface area contributed by atoms with Gasteiger partial charge in [-0.15, -0.1) is 0 Å². The van der Waals surface area contributed by atoms with Gasteiger partial charge < -0.3 is 23.7 Å². The number of benzene rings is 1. The molecular weight excluding hydrogens is 327 g/mol. The number of hydrogen-bond acceptors (Lipinski definition) is 5. The average molecular weight is 352 g/mol. The Hall–Kier alpha value is -0.870. The quantitative estimate of drug-likeness (QED) is 0.779. The Kier molecular flexibility index (Phi) is 3.35. The van der Waals surface area contributed by atoms with Crippen LogP contribution in [0.25, 0.3) is 0 Å². The molecule has 4 fully saturated rings. The summed E-state index contributed by atoms with van der Waals surface area (Å²) < 4.78 is 30.1. The van der Waals surface area contributed by atoms with E-state index in [-0.39, 0.29) is 10.7 Å². The van der Waals surface area contributed by atoms with Crippen LogP contribution in [0.2, 0.25) is 0 Å². The van der Waals surface area contributed by atoms with Crippen molar-refractivity contribution in [3.63, 3.8) is 0 Å². The molecule has 0 radical (unpaired) electrons. The van der Waals surface area contributed by atoms with Gasteiger partial charge in [0.05, 0.1) is 24.9 Å². The lowest BCUT2D eigenvalue weighted by atomic mass is 9.98. The van der Waals surface area contributed by atoms with Crippen molar-refractivity contribution in [3.05, 3.63) is 18.2 Å². The molecule has 4 heterocycles. The van der Waals surface area contributed by atoms with E-state index in [1.165, 1.54) is 0 Å². The molecule has 4 aliphatic rings. The summed E-state index contributed by atoms with van der Waals surface area (Å²) in [5.41, 5.74) is 0. The molecule has 0 saturated carbocycles. The fourth-order valence-electron chi connectivity index (χ4n) is 5.07. The number of hydrogen-bond donors (Lipinski definition) is 0. The van der Waals surface area contributed by atoms with Crippen molar-refractivity contribution in [1.82, 2.24) is 0 Å². The first-order chi connectivity index (χ1) is 11.1. The maximum absolute atomic E-state index is 6.49. The van der Waals surface area contributed by atoms with Gasteiger partial charge in [0.2, 0.25) is 0 Å². The lowest BCUT2D eigenvalue weighted by molar-refractivity contribution is -0.467. The highest BCUT2D eigenvalue weighted by atomic mass is 31.1. The zero-order valence-corrected chi connectivity index (χ0v) is 16.0. The Balaban J connectivity index is 1.85. The van der Waals surface area contributed by atoms with Crippen LogP contribution in [0.1, 0.15) is 40.5 Å². The second kappa shape index (κ2) is 4.85. The van der Waals surface area contributed by atoms with Crippen LogP contribution in [0.15, 0.2) is 18.2 Å². The van der Waals surface area contributed by atoms with E-state index in [1.807, 2.05) is 26.0 Å². The Bertz CT molecular complexity index is 646. The molecule has 0 amide bonds. The van der Waals surface area contributed by atoms with Crippen LogP contribution in [-0.4, -0.2) is 36.5 Å². The van der Waals surface area contributed by atoms with Gasteiger partial charge in [-0.3, -0.25) is 0 Å². The van der Waals surface area contributed by atoms with Crippen molar-refractivity contribution >= 4 is 13.2 Å². The van der Waals surface area contributed by atoms with Gasteiger partial charge in [0.25, 0.3) is 0 Å². The number of ether oxygens (including phenoxy) is 5. The predicted octanol–water partition coefficient (Wildman–Crippen LogP) is 3.55. The summed E-state index contributed by atoms with van der Waals surface area (Å²) in [5.74, 6) is 0.439.